The van der Waals surface area contributed by atoms with Crippen molar-refractivity contribution >= 4 is 23.6 Å². The maximum absolute atomic E-state index is 12.4. The Labute approximate surface area is 240 Å². The van der Waals surface area contributed by atoms with E-state index in [9.17, 15) is 9.59 Å². The highest BCUT2D eigenvalue weighted by Gasteiger charge is 2.29. The number of likely N-dealkylation sites (N-methyl/N-ethyl adjacent to an activating group) is 1. The minimum atomic E-state index is -0.108. The van der Waals surface area contributed by atoms with Crippen molar-refractivity contribution in [3.8, 4) is 16.9 Å². The van der Waals surface area contributed by atoms with Gasteiger partial charge in [0.05, 0.1) is 12.2 Å². The molecule has 3 aromatic heterocycles. The molecular weight excluding hydrogens is 518 g/mol. The second-order valence-corrected chi connectivity index (χ2v) is 11.0. The second kappa shape index (κ2) is 11.4. The number of fused-ring (bicyclic) bond motifs is 1. The zero-order valence-corrected chi connectivity index (χ0v) is 24.0. The van der Waals surface area contributed by atoms with E-state index in [1.54, 1.807) is 22.7 Å². The lowest BCUT2D eigenvalue weighted by Gasteiger charge is -2.37. The number of pyridine rings is 3. The minimum Gasteiger partial charge on any atom is -0.491 e. The Hall–Kier alpha value is -4.18. The minimum absolute atomic E-state index is 0.0717. The smallest absolute Gasteiger partial charge is 0.254 e. The Morgan fingerprint density at radius 2 is 1.61 bits per heavy atom. The highest BCUT2D eigenvalue weighted by atomic mass is 16.5. The molecule has 0 unspecified atom stereocenters. The number of amides is 1. The highest BCUT2D eigenvalue weighted by molar-refractivity contribution is 5.82. The van der Waals surface area contributed by atoms with Crippen LogP contribution in [0, 0.1) is 0 Å². The number of carbonyl (C=O) groups excluding carboxylic acids is 1. The Kier molecular flexibility index (Phi) is 7.49. The average molecular weight is 556 g/mol. The van der Waals surface area contributed by atoms with Crippen LogP contribution in [0.1, 0.15) is 18.1 Å². The van der Waals surface area contributed by atoms with Crippen LogP contribution in [0.2, 0.25) is 0 Å². The lowest BCUT2D eigenvalue weighted by Crippen LogP contribution is -2.55. The van der Waals surface area contributed by atoms with E-state index in [0.717, 1.165) is 78.9 Å². The van der Waals surface area contributed by atoms with Gasteiger partial charge in [-0.2, -0.15) is 0 Å². The number of carbonyl (C=O) groups is 1. The van der Waals surface area contributed by atoms with Crippen LogP contribution in [0.3, 0.4) is 0 Å². The summed E-state index contributed by atoms with van der Waals surface area (Å²) in [5.41, 5.74) is 4.01. The molecule has 0 bridgehead atoms. The molecule has 2 aliphatic heterocycles. The highest BCUT2D eigenvalue weighted by Crippen LogP contribution is 2.30. The summed E-state index contributed by atoms with van der Waals surface area (Å²) in [6, 6.07) is 8.05. The number of aromatic nitrogens is 3. The van der Waals surface area contributed by atoms with Gasteiger partial charge in [0.1, 0.15) is 24.0 Å². The normalized spacial score (nSPS) is 19.1. The van der Waals surface area contributed by atoms with E-state index in [1.807, 2.05) is 50.6 Å². The molecule has 214 valence electrons. The van der Waals surface area contributed by atoms with Gasteiger partial charge in [-0.15, -0.1) is 0 Å². The van der Waals surface area contributed by atoms with Crippen LogP contribution in [-0.4, -0.2) is 95.8 Å². The van der Waals surface area contributed by atoms with Crippen LogP contribution in [0.4, 0.5) is 11.6 Å². The lowest BCUT2D eigenvalue weighted by atomic mass is 10.0. The van der Waals surface area contributed by atoms with Crippen molar-refractivity contribution in [2.75, 3.05) is 69.3 Å². The first-order chi connectivity index (χ1) is 19.9. The maximum Gasteiger partial charge on any atom is 0.254 e. The number of piperazine rings is 2. The molecule has 10 heteroatoms. The van der Waals surface area contributed by atoms with E-state index in [2.05, 4.69) is 31.8 Å². The molecular formula is C31H37N7O3. The summed E-state index contributed by atoms with van der Waals surface area (Å²) in [5, 5.41) is 0. The first-order valence-electron chi connectivity index (χ1n) is 14.3. The molecule has 1 aliphatic carbocycles. The fourth-order valence-corrected chi connectivity index (χ4v) is 5.91. The molecule has 0 aromatic carbocycles. The molecule has 2 saturated heterocycles. The van der Waals surface area contributed by atoms with Crippen molar-refractivity contribution in [2.24, 2.45) is 7.05 Å². The fourth-order valence-electron chi connectivity index (χ4n) is 5.91. The summed E-state index contributed by atoms with van der Waals surface area (Å²) in [6.45, 7) is 8.22. The van der Waals surface area contributed by atoms with Gasteiger partial charge in [0.2, 0.25) is 5.91 Å². The molecule has 1 amide bonds. The maximum atomic E-state index is 12.4. The molecule has 41 heavy (non-hydrogen) atoms. The van der Waals surface area contributed by atoms with Gasteiger partial charge in [0.25, 0.3) is 5.56 Å². The fraction of sp³-hybridized carbons (Fsp3) is 0.419. The second-order valence-electron chi connectivity index (χ2n) is 11.0. The molecule has 6 rings (SSSR count). The van der Waals surface area contributed by atoms with Crippen LogP contribution >= 0.6 is 0 Å². The molecule has 0 N–H and O–H groups in total. The summed E-state index contributed by atoms with van der Waals surface area (Å²) in [7, 11) is 3.66. The van der Waals surface area contributed by atoms with Crippen molar-refractivity contribution in [3.05, 3.63) is 70.4 Å². The average Bonchev–Trinajstić information content (AvgIpc) is 3.50. The SMILES string of the molecule is C[C@@H]1C(=O)N(C)CCN1CCOc1ccc(N2CCN(c3ccc(-c4cn(C)c(=O)c5c4C=CC5)cn3)CC2)nc1. The van der Waals surface area contributed by atoms with Gasteiger partial charge < -0.3 is 24.0 Å². The Bertz CT molecular complexity index is 1490. The summed E-state index contributed by atoms with van der Waals surface area (Å²) in [4.78, 5) is 42.6. The predicted octanol–water partition coefficient (Wildman–Crippen LogP) is 2.28. The lowest BCUT2D eigenvalue weighted by molar-refractivity contribution is -0.139. The van der Waals surface area contributed by atoms with E-state index >= 15 is 0 Å². The van der Waals surface area contributed by atoms with Crippen LogP contribution < -0.4 is 20.1 Å². The van der Waals surface area contributed by atoms with Gasteiger partial charge in [0.15, 0.2) is 0 Å². The molecule has 0 radical (unpaired) electrons. The number of nitrogens with zero attached hydrogens (tertiary/aromatic N) is 7. The number of allylic oxidation sites excluding steroid dienone is 1. The van der Waals surface area contributed by atoms with Gasteiger partial charge in [0, 0.05) is 89.0 Å². The van der Waals surface area contributed by atoms with Crippen molar-refractivity contribution in [3.63, 3.8) is 0 Å². The van der Waals surface area contributed by atoms with Gasteiger partial charge in [-0.3, -0.25) is 14.5 Å². The molecule has 0 saturated carbocycles. The molecule has 0 spiro atoms. The van der Waals surface area contributed by atoms with E-state index in [-0.39, 0.29) is 17.5 Å². The quantitative estimate of drug-likeness (QED) is 0.439. The Morgan fingerprint density at radius 1 is 0.902 bits per heavy atom. The van der Waals surface area contributed by atoms with E-state index in [4.69, 9.17) is 9.72 Å². The Morgan fingerprint density at radius 3 is 2.27 bits per heavy atom. The van der Waals surface area contributed by atoms with E-state index < -0.39 is 0 Å². The number of ether oxygens (including phenoxy) is 1. The zero-order valence-electron chi connectivity index (χ0n) is 24.0. The third kappa shape index (κ3) is 5.44. The number of hydrogen-bond acceptors (Lipinski definition) is 8. The molecule has 3 aromatic rings. The molecule has 1 atom stereocenters. The van der Waals surface area contributed by atoms with E-state index in [1.165, 1.54) is 0 Å². The van der Waals surface area contributed by atoms with Crippen LogP contribution in [0.5, 0.6) is 5.75 Å². The first-order valence-corrected chi connectivity index (χ1v) is 14.3. The third-order valence-corrected chi connectivity index (χ3v) is 8.48. The number of anilines is 2. The molecule has 2 fully saturated rings. The predicted molar refractivity (Wildman–Crippen MR) is 160 cm³/mol. The summed E-state index contributed by atoms with van der Waals surface area (Å²) in [5.74, 6) is 2.80. The number of aryl methyl sites for hydroxylation is 1. The summed E-state index contributed by atoms with van der Waals surface area (Å²) in [6.07, 6.45) is 10.4. The Balaban J connectivity index is 1.01. The molecule has 10 nitrogen and oxygen atoms in total. The van der Waals surface area contributed by atoms with Gasteiger partial charge in [-0.25, -0.2) is 9.97 Å². The van der Waals surface area contributed by atoms with Crippen LogP contribution in [0.25, 0.3) is 17.2 Å². The summed E-state index contributed by atoms with van der Waals surface area (Å²) >= 11 is 0. The number of hydrogen-bond donors (Lipinski definition) is 0. The van der Waals surface area contributed by atoms with Crippen molar-refractivity contribution in [1.29, 1.82) is 0 Å². The topological polar surface area (TPSA) is 87.0 Å². The van der Waals surface area contributed by atoms with Crippen LogP contribution in [-0.2, 0) is 18.3 Å². The van der Waals surface area contributed by atoms with Crippen molar-refractivity contribution in [2.45, 2.75) is 19.4 Å². The number of rotatable bonds is 7. The van der Waals surface area contributed by atoms with Gasteiger partial charge in [-0.05, 0) is 43.2 Å². The van der Waals surface area contributed by atoms with Crippen molar-refractivity contribution in [1.82, 2.24) is 24.3 Å². The first kappa shape index (κ1) is 27.0. The van der Waals surface area contributed by atoms with E-state index in [0.29, 0.717) is 19.6 Å². The monoisotopic (exact) mass is 555 g/mol. The van der Waals surface area contributed by atoms with Gasteiger partial charge in [-0.1, -0.05) is 12.2 Å². The van der Waals surface area contributed by atoms with Gasteiger partial charge >= 0.3 is 0 Å². The molecule has 3 aliphatic rings. The van der Waals surface area contributed by atoms with Crippen molar-refractivity contribution < 1.29 is 9.53 Å². The third-order valence-electron chi connectivity index (χ3n) is 8.48. The standard InChI is InChI=1S/C31H37N7O3/c1-22-30(39)34(2)11-12-36(22)17-18-41-24-8-10-29(33-20-24)38-15-13-37(14-16-38)28-9-7-23(19-32-28)27-21-35(3)31(40)26-6-4-5-25(26)27/h4-5,7-10,19-22H,6,11-18H2,1-3H3/t22-/m1/s1. The summed E-state index contributed by atoms with van der Waals surface area (Å²) < 4.78 is 7.60. The zero-order chi connectivity index (χ0) is 28.5. The van der Waals surface area contributed by atoms with Crippen LogP contribution in [0.15, 0.2) is 53.7 Å². The molecule has 5 heterocycles. The largest absolute Gasteiger partial charge is 0.491 e.